The molecule has 1 fully saturated rings. The summed E-state index contributed by atoms with van der Waals surface area (Å²) in [7, 11) is 0. The van der Waals surface area contributed by atoms with Crippen molar-refractivity contribution in [2.75, 3.05) is 23.3 Å². The second-order valence-electron chi connectivity index (χ2n) is 9.44. The SMILES string of the molecule is CCCCC(CC)CN1C(=O)C(=C2C(=O)N(CC(=O)Nc3cccc(C(F)(F)F)c3)c3ccccc32)SC1=S. The molecule has 6 nitrogen and oxygen atoms in total. The van der Waals surface area contributed by atoms with Gasteiger partial charge in [-0.3, -0.25) is 24.2 Å². The molecule has 0 saturated carbocycles. The highest BCUT2D eigenvalue weighted by molar-refractivity contribution is 8.26. The molecule has 206 valence electrons. The van der Waals surface area contributed by atoms with Crippen molar-refractivity contribution in [2.24, 2.45) is 5.92 Å². The van der Waals surface area contributed by atoms with Crippen molar-refractivity contribution in [1.29, 1.82) is 0 Å². The minimum Gasteiger partial charge on any atom is -0.325 e. The number of rotatable bonds is 9. The van der Waals surface area contributed by atoms with Crippen molar-refractivity contribution in [2.45, 2.75) is 45.7 Å². The van der Waals surface area contributed by atoms with Crippen LogP contribution in [0.3, 0.4) is 0 Å². The number of thiocarbonyl (C=S) groups is 1. The van der Waals surface area contributed by atoms with Gasteiger partial charge in [-0.1, -0.05) is 81.4 Å². The number of halogens is 3. The van der Waals surface area contributed by atoms with Crippen molar-refractivity contribution < 1.29 is 27.6 Å². The summed E-state index contributed by atoms with van der Waals surface area (Å²) in [6.45, 7) is 4.24. The van der Waals surface area contributed by atoms with Crippen molar-refractivity contribution in [1.82, 2.24) is 4.90 Å². The van der Waals surface area contributed by atoms with Crippen LogP contribution in [0.1, 0.15) is 50.7 Å². The van der Waals surface area contributed by atoms with E-state index in [0.29, 0.717) is 28.0 Å². The fourth-order valence-electron chi connectivity index (χ4n) is 4.66. The van der Waals surface area contributed by atoms with Crippen molar-refractivity contribution in [3.8, 4) is 0 Å². The van der Waals surface area contributed by atoms with Gasteiger partial charge in [0.2, 0.25) is 5.91 Å². The van der Waals surface area contributed by atoms with Gasteiger partial charge in [0, 0.05) is 17.8 Å². The Hall–Kier alpha value is -3.18. The molecule has 2 aromatic carbocycles. The Balaban J connectivity index is 1.57. The number of para-hydroxylation sites is 1. The normalized spacial score (nSPS) is 18.1. The minimum atomic E-state index is -4.56. The first-order valence-electron chi connectivity index (χ1n) is 12.7. The highest BCUT2D eigenvalue weighted by atomic mass is 32.2. The topological polar surface area (TPSA) is 69.7 Å². The van der Waals surface area contributed by atoms with E-state index >= 15 is 0 Å². The summed E-state index contributed by atoms with van der Waals surface area (Å²) >= 11 is 6.60. The predicted octanol–water partition coefficient (Wildman–Crippen LogP) is 6.48. The van der Waals surface area contributed by atoms with Crippen LogP contribution in [0.4, 0.5) is 24.5 Å². The van der Waals surface area contributed by atoms with E-state index in [1.807, 2.05) is 0 Å². The van der Waals surface area contributed by atoms with Crippen LogP contribution in [0.5, 0.6) is 0 Å². The Bertz CT molecular complexity index is 1340. The first-order valence-corrected chi connectivity index (χ1v) is 13.9. The number of nitrogens with zero attached hydrogens (tertiary/aromatic N) is 2. The van der Waals surface area contributed by atoms with E-state index in [1.165, 1.54) is 17.0 Å². The summed E-state index contributed by atoms with van der Waals surface area (Å²) in [5, 5.41) is 2.43. The maximum atomic E-state index is 13.6. The number of fused-ring (bicyclic) bond motifs is 1. The summed E-state index contributed by atoms with van der Waals surface area (Å²) in [5.41, 5.74) is 0.194. The number of carbonyl (C=O) groups excluding carboxylic acids is 3. The Morgan fingerprint density at radius 3 is 2.49 bits per heavy atom. The van der Waals surface area contributed by atoms with Crippen LogP contribution in [0.15, 0.2) is 53.4 Å². The number of unbranched alkanes of at least 4 members (excludes halogenated alkanes) is 1. The zero-order valence-electron chi connectivity index (χ0n) is 21.5. The molecule has 0 radical (unpaired) electrons. The molecule has 2 aliphatic rings. The van der Waals surface area contributed by atoms with Gasteiger partial charge < -0.3 is 5.32 Å². The molecule has 39 heavy (non-hydrogen) atoms. The number of nitrogens with one attached hydrogen (secondary N) is 1. The van der Waals surface area contributed by atoms with Crippen LogP contribution >= 0.6 is 24.0 Å². The number of carbonyl (C=O) groups is 3. The van der Waals surface area contributed by atoms with Crippen LogP contribution in [-0.2, 0) is 20.6 Å². The lowest BCUT2D eigenvalue weighted by molar-refractivity contribution is -0.137. The van der Waals surface area contributed by atoms with Gasteiger partial charge >= 0.3 is 6.18 Å². The molecule has 11 heteroatoms. The Morgan fingerprint density at radius 1 is 1.05 bits per heavy atom. The van der Waals surface area contributed by atoms with E-state index in [-0.39, 0.29) is 22.1 Å². The van der Waals surface area contributed by atoms with E-state index in [1.54, 1.807) is 29.2 Å². The molecule has 1 unspecified atom stereocenters. The van der Waals surface area contributed by atoms with Gasteiger partial charge in [0.15, 0.2) is 0 Å². The molecule has 0 bridgehead atoms. The van der Waals surface area contributed by atoms with Gasteiger partial charge in [-0.15, -0.1) is 0 Å². The van der Waals surface area contributed by atoms with Crippen molar-refractivity contribution >= 4 is 63.0 Å². The quantitative estimate of drug-likeness (QED) is 0.274. The molecule has 0 aromatic heterocycles. The molecule has 4 rings (SSSR count). The number of amides is 3. The van der Waals surface area contributed by atoms with Crippen LogP contribution < -0.4 is 10.2 Å². The summed E-state index contributed by atoms with van der Waals surface area (Å²) < 4.78 is 39.6. The molecular weight excluding hydrogens is 547 g/mol. The fraction of sp³-hybridized carbons (Fsp3) is 0.357. The number of hydrogen-bond donors (Lipinski definition) is 1. The smallest absolute Gasteiger partial charge is 0.325 e. The van der Waals surface area contributed by atoms with Crippen molar-refractivity contribution in [3.63, 3.8) is 0 Å². The van der Waals surface area contributed by atoms with Gasteiger partial charge in [0.1, 0.15) is 10.9 Å². The maximum Gasteiger partial charge on any atom is 0.416 e. The lowest BCUT2D eigenvalue weighted by atomic mass is 9.98. The highest BCUT2D eigenvalue weighted by Crippen LogP contribution is 2.44. The predicted molar refractivity (Wildman–Crippen MR) is 151 cm³/mol. The Morgan fingerprint density at radius 2 is 1.79 bits per heavy atom. The Labute approximate surface area is 234 Å². The molecule has 1 N–H and O–H groups in total. The third-order valence-electron chi connectivity index (χ3n) is 6.76. The molecular formula is C28H28F3N3O3S2. The first kappa shape index (κ1) is 28.8. The number of hydrogen-bond acceptors (Lipinski definition) is 5. The first-order chi connectivity index (χ1) is 18.5. The molecule has 3 amide bonds. The third-order valence-corrected chi connectivity index (χ3v) is 8.21. The molecule has 1 atom stereocenters. The number of benzene rings is 2. The van der Waals surface area contributed by atoms with Crippen LogP contribution in [0, 0.1) is 5.92 Å². The largest absolute Gasteiger partial charge is 0.416 e. The van der Waals surface area contributed by atoms with E-state index in [4.69, 9.17) is 12.2 Å². The van der Waals surface area contributed by atoms with E-state index < -0.39 is 30.1 Å². The standard InChI is InChI=1S/C28H28F3N3O3S2/c1-3-5-9-17(4-2)15-34-26(37)24(39-27(34)38)23-20-12-6-7-13-21(20)33(25(23)36)16-22(35)32-19-11-8-10-18(14-19)28(29,30)31/h6-8,10-14,17H,3-5,9,15-16H2,1-2H3,(H,32,35). The summed E-state index contributed by atoms with van der Waals surface area (Å²) in [6.07, 6.45) is -0.566. The van der Waals surface area contributed by atoms with Gasteiger partial charge in [-0.05, 0) is 36.6 Å². The monoisotopic (exact) mass is 575 g/mol. The molecule has 1 saturated heterocycles. The van der Waals surface area contributed by atoms with E-state index in [0.717, 1.165) is 49.6 Å². The molecule has 2 aliphatic heterocycles. The van der Waals surface area contributed by atoms with Crippen LogP contribution in [0.2, 0.25) is 0 Å². The van der Waals surface area contributed by atoms with Gasteiger partial charge in [-0.2, -0.15) is 13.2 Å². The highest BCUT2D eigenvalue weighted by Gasteiger charge is 2.42. The fourth-order valence-corrected chi connectivity index (χ4v) is 6.00. The summed E-state index contributed by atoms with van der Waals surface area (Å²) in [4.78, 5) is 42.9. The zero-order valence-corrected chi connectivity index (χ0v) is 23.1. The van der Waals surface area contributed by atoms with Gasteiger partial charge in [0.25, 0.3) is 11.8 Å². The van der Waals surface area contributed by atoms with Gasteiger partial charge in [0.05, 0.1) is 21.7 Å². The second kappa shape index (κ2) is 11.9. The van der Waals surface area contributed by atoms with Gasteiger partial charge in [-0.25, -0.2) is 0 Å². The lowest BCUT2D eigenvalue weighted by Crippen LogP contribution is -2.36. The van der Waals surface area contributed by atoms with Crippen LogP contribution in [-0.4, -0.2) is 40.0 Å². The maximum absolute atomic E-state index is 13.6. The molecule has 2 heterocycles. The van der Waals surface area contributed by atoms with E-state index in [9.17, 15) is 27.6 Å². The second-order valence-corrected chi connectivity index (χ2v) is 11.1. The number of anilines is 2. The zero-order chi connectivity index (χ0) is 28.3. The number of alkyl halides is 3. The average molecular weight is 576 g/mol. The summed E-state index contributed by atoms with van der Waals surface area (Å²) in [5.74, 6) is -1.24. The Kier molecular flexibility index (Phi) is 8.80. The molecule has 0 spiro atoms. The number of thioether (sulfide) groups is 1. The molecule has 0 aliphatic carbocycles. The summed E-state index contributed by atoms with van der Waals surface area (Å²) in [6, 6.07) is 11.1. The third kappa shape index (κ3) is 6.19. The average Bonchev–Trinajstić information content (AvgIpc) is 3.32. The minimum absolute atomic E-state index is 0.0376. The van der Waals surface area contributed by atoms with Crippen molar-refractivity contribution in [3.05, 3.63) is 64.6 Å². The van der Waals surface area contributed by atoms with Crippen LogP contribution in [0.25, 0.3) is 5.57 Å². The lowest BCUT2D eigenvalue weighted by Gasteiger charge is -2.21. The molecule has 2 aromatic rings. The van der Waals surface area contributed by atoms with E-state index in [2.05, 4.69) is 19.2 Å².